The average molecular weight is 426 g/mol. The smallest absolute Gasteiger partial charge is 0.122 e. The largest absolute Gasteiger partial charge is 0.511 e. The van der Waals surface area contributed by atoms with Gasteiger partial charge in [-0.15, -0.1) is 0 Å². The molecule has 0 saturated carbocycles. The lowest BCUT2D eigenvalue weighted by atomic mass is 10.1. The fraction of sp³-hybridized carbons (Fsp3) is 0.360. The summed E-state index contributed by atoms with van der Waals surface area (Å²) in [7, 11) is 6.87. The number of nitrogens with zero attached hydrogens (tertiary/aromatic N) is 1. The Morgan fingerprint density at radius 3 is 1.90 bits per heavy atom. The number of benzene rings is 2. The number of likely N-dealkylation sites (N-methyl/N-ethyl adjacent to an activating group) is 1. The van der Waals surface area contributed by atoms with Crippen LogP contribution >= 0.6 is 7.92 Å². The van der Waals surface area contributed by atoms with Gasteiger partial charge in [-0.1, -0.05) is 56.5 Å². The van der Waals surface area contributed by atoms with Crippen LogP contribution in [-0.4, -0.2) is 50.0 Å². The maximum Gasteiger partial charge on any atom is 0.122 e. The van der Waals surface area contributed by atoms with Gasteiger partial charge in [0.2, 0.25) is 0 Å². The first kappa shape index (κ1) is 22.4. The zero-order valence-electron chi connectivity index (χ0n) is 18.5. The summed E-state index contributed by atoms with van der Waals surface area (Å²) >= 11 is 0. The Bertz CT molecular complexity index is 873. The van der Waals surface area contributed by atoms with Gasteiger partial charge in [-0.3, -0.25) is 0 Å². The number of hydrogen-bond donors (Lipinski definition) is 1. The van der Waals surface area contributed by atoms with Gasteiger partial charge in [-0.25, -0.2) is 0 Å². The number of aliphatic hydroxyl groups excluding tert-OH is 1. The summed E-state index contributed by atoms with van der Waals surface area (Å²) in [4.78, 5) is 2.13. The quantitative estimate of drug-likeness (QED) is 0.532. The number of allylic oxidation sites excluding steroid dienone is 1. The van der Waals surface area contributed by atoms with Crippen molar-refractivity contribution in [1.29, 1.82) is 0 Å². The zero-order chi connectivity index (χ0) is 21.7. The van der Waals surface area contributed by atoms with Crippen molar-refractivity contribution in [2.45, 2.75) is 30.9 Å². The van der Waals surface area contributed by atoms with Crippen molar-refractivity contribution in [3.05, 3.63) is 83.1 Å². The minimum Gasteiger partial charge on any atom is -0.511 e. The molecule has 0 bridgehead atoms. The maximum atomic E-state index is 11.2. The molecule has 30 heavy (non-hydrogen) atoms. The van der Waals surface area contributed by atoms with Crippen LogP contribution in [0.4, 0.5) is 0 Å². The van der Waals surface area contributed by atoms with Crippen molar-refractivity contribution in [3.8, 4) is 11.5 Å². The summed E-state index contributed by atoms with van der Waals surface area (Å²) in [6.07, 6.45) is 6.01. The van der Waals surface area contributed by atoms with Gasteiger partial charge in [0.1, 0.15) is 17.3 Å². The van der Waals surface area contributed by atoms with Crippen LogP contribution in [0.5, 0.6) is 11.5 Å². The van der Waals surface area contributed by atoms with Crippen molar-refractivity contribution in [2.24, 2.45) is 0 Å². The molecule has 0 saturated heterocycles. The number of aliphatic hydroxyl groups is 1. The van der Waals surface area contributed by atoms with E-state index in [1.165, 1.54) is 11.1 Å². The fourth-order valence-corrected chi connectivity index (χ4v) is 6.55. The molecule has 2 atom stereocenters. The minimum atomic E-state index is -0.641. The van der Waals surface area contributed by atoms with Crippen molar-refractivity contribution in [3.63, 3.8) is 0 Å². The van der Waals surface area contributed by atoms with Crippen molar-refractivity contribution in [2.75, 3.05) is 28.3 Å². The van der Waals surface area contributed by atoms with E-state index in [0.29, 0.717) is 5.76 Å². The molecule has 4 nitrogen and oxygen atoms in total. The Kier molecular flexibility index (Phi) is 7.58. The summed E-state index contributed by atoms with van der Waals surface area (Å²) in [5.41, 5.74) is 3.39. The van der Waals surface area contributed by atoms with E-state index in [1.807, 2.05) is 50.5 Å². The van der Waals surface area contributed by atoms with Crippen LogP contribution in [0.1, 0.15) is 18.1 Å². The lowest BCUT2D eigenvalue weighted by molar-refractivity contribution is 0.333. The molecule has 2 unspecified atom stereocenters. The molecule has 0 radical (unpaired) electrons. The molecule has 0 fully saturated rings. The van der Waals surface area contributed by atoms with Gasteiger partial charge in [0, 0.05) is 11.6 Å². The summed E-state index contributed by atoms with van der Waals surface area (Å²) in [6, 6.07) is 16.5. The summed E-state index contributed by atoms with van der Waals surface area (Å²) in [6.45, 7) is 2.13. The molecule has 0 spiro atoms. The summed E-state index contributed by atoms with van der Waals surface area (Å²) in [5, 5.41) is 11.2. The molecular formula is C25H32NO3P. The minimum absolute atomic E-state index is 0.0206. The first-order chi connectivity index (χ1) is 14.5. The first-order valence-corrected chi connectivity index (χ1v) is 12.0. The molecule has 3 rings (SSSR count). The second-order valence-corrected chi connectivity index (χ2v) is 10.2. The number of rotatable bonds is 9. The van der Waals surface area contributed by atoms with E-state index in [4.69, 9.17) is 9.47 Å². The highest BCUT2D eigenvalue weighted by molar-refractivity contribution is 7.57. The highest BCUT2D eigenvalue weighted by Crippen LogP contribution is 2.54. The van der Waals surface area contributed by atoms with Crippen LogP contribution in [0.2, 0.25) is 0 Å². The van der Waals surface area contributed by atoms with Gasteiger partial charge in [-0.05, 0) is 56.6 Å². The van der Waals surface area contributed by atoms with Gasteiger partial charge < -0.3 is 19.5 Å². The Balaban J connectivity index is 1.97. The Morgan fingerprint density at radius 1 is 0.933 bits per heavy atom. The van der Waals surface area contributed by atoms with E-state index in [1.54, 1.807) is 14.2 Å². The van der Waals surface area contributed by atoms with Gasteiger partial charge in [0.15, 0.2) is 0 Å². The molecule has 0 aliphatic heterocycles. The fourth-order valence-electron chi connectivity index (χ4n) is 3.83. The summed E-state index contributed by atoms with van der Waals surface area (Å²) in [5.74, 6) is 2.31. The third kappa shape index (κ3) is 4.88. The number of hydrogen-bond acceptors (Lipinski definition) is 4. The highest BCUT2D eigenvalue weighted by atomic mass is 31.1. The molecule has 0 heterocycles. The lowest BCUT2D eigenvalue weighted by Gasteiger charge is -2.27. The SMILES string of the molecule is COc1ccccc1CP(Cc1ccccc1OC)C1C=CC(C(C)N(C)C)=C1O. The molecule has 1 aliphatic carbocycles. The molecule has 160 valence electrons. The highest BCUT2D eigenvalue weighted by Gasteiger charge is 2.31. The van der Waals surface area contributed by atoms with Crippen LogP contribution in [0, 0.1) is 0 Å². The van der Waals surface area contributed by atoms with Crippen LogP contribution < -0.4 is 9.47 Å². The third-order valence-electron chi connectivity index (χ3n) is 5.78. The molecular weight excluding hydrogens is 393 g/mol. The van der Waals surface area contributed by atoms with Crippen molar-refractivity contribution in [1.82, 2.24) is 4.90 Å². The van der Waals surface area contributed by atoms with E-state index in [0.717, 1.165) is 29.4 Å². The zero-order valence-corrected chi connectivity index (χ0v) is 19.4. The number of methoxy groups -OCH3 is 2. The topological polar surface area (TPSA) is 41.9 Å². The van der Waals surface area contributed by atoms with E-state index in [9.17, 15) is 5.11 Å². The average Bonchev–Trinajstić information content (AvgIpc) is 3.14. The van der Waals surface area contributed by atoms with Gasteiger partial charge >= 0.3 is 0 Å². The van der Waals surface area contributed by atoms with Gasteiger partial charge in [0.05, 0.1) is 19.9 Å². The van der Waals surface area contributed by atoms with Gasteiger partial charge in [-0.2, -0.15) is 0 Å². The van der Waals surface area contributed by atoms with Crippen LogP contribution in [0.3, 0.4) is 0 Å². The molecule has 5 heteroatoms. The maximum absolute atomic E-state index is 11.2. The Morgan fingerprint density at radius 2 is 1.43 bits per heavy atom. The Labute approximate surface area is 181 Å². The van der Waals surface area contributed by atoms with Crippen LogP contribution in [-0.2, 0) is 12.3 Å². The second-order valence-electron chi connectivity index (χ2n) is 7.81. The normalized spacial score (nSPS) is 17.1. The number of para-hydroxylation sites is 2. The summed E-state index contributed by atoms with van der Waals surface area (Å²) < 4.78 is 11.2. The van der Waals surface area contributed by atoms with E-state index in [2.05, 4.69) is 36.1 Å². The molecule has 1 aliphatic rings. The standard InChI is InChI=1S/C25H32NO3P/c1-18(26(2)3)21-14-15-24(25(21)27)30(16-19-10-6-8-12-22(19)28-4)17-20-11-7-9-13-23(20)29-5/h6-15,18,24,27H,16-17H2,1-5H3. The third-order valence-corrected chi connectivity index (χ3v) is 8.48. The van der Waals surface area contributed by atoms with Gasteiger partial charge in [0.25, 0.3) is 0 Å². The first-order valence-electron chi connectivity index (χ1n) is 10.2. The van der Waals surface area contributed by atoms with Crippen LogP contribution in [0.15, 0.2) is 72.0 Å². The predicted octanol–water partition coefficient (Wildman–Crippen LogP) is 5.59. The molecule has 0 aromatic heterocycles. The Hall–Kier alpha value is -2.29. The van der Waals surface area contributed by atoms with E-state index in [-0.39, 0.29) is 11.7 Å². The van der Waals surface area contributed by atoms with E-state index < -0.39 is 7.92 Å². The molecule has 2 aromatic carbocycles. The van der Waals surface area contributed by atoms with Crippen molar-refractivity contribution < 1.29 is 14.6 Å². The van der Waals surface area contributed by atoms with Crippen LogP contribution in [0.25, 0.3) is 0 Å². The molecule has 0 amide bonds. The predicted molar refractivity (Wildman–Crippen MR) is 126 cm³/mol. The lowest BCUT2D eigenvalue weighted by Crippen LogP contribution is -2.26. The molecule has 1 N–H and O–H groups in total. The van der Waals surface area contributed by atoms with E-state index >= 15 is 0 Å². The number of ether oxygens (including phenoxy) is 2. The molecule has 2 aromatic rings. The monoisotopic (exact) mass is 425 g/mol. The second kappa shape index (κ2) is 10.1. The van der Waals surface area contributed by atoms with Crippen molar-refractivity contribution >= 4 is 7.92 Å².